The predicted molar refractivity (Wildman–Crippen MR) is 75.7 cm³/mol. The van der Waals surface area contributed by atoms with Gasteiger partial charge in [0, 0.05) is 12.0 Å². The smallest absolute Gasteiger partial charge is 0.333 e. The van der Waals surface area contributed by atoms with Gasteiger partial charge in [-0.25, -0.2) is 4.79 Å². The van der Waals surface area contributed by atoms with Gasteiger partial charge in [-0.3, -0.25) is 4.79 Å². The highest BCUT2D eigenvalue weighted by molar-refractivity contribution is 5.87. The summed E-state index contributed by atoms with van der Waals surface area (Å²) in [5.74, 6) is -1.46. The Kier molecular flexibility index (Phi) is 6.58. The molecule has 1 rings (SSSR count). The Morgan fingerprint density at radius 3 is 2.48 bits per heavy atom. The number of esters is 1. The summed E-state index contributed by atoms with van der Waals surface area (Å²) in [5, 5.41) is 18.3. The maximum absolute atomic E-state index is 11.8. The Morgan fingerprint density at radius 2 is 2.00 bits per heavy atom. The Balaban J connectivity index is 2.72. The molecule has 0 radical (unpaired) electrons. The van der Waals surface area contributed by atoms with Gasteiger partial charge in [-0.05, 0) is 27.2 Å². The minimum Gasteiger partial charge on any atom is -0.481 e. The number of aliphatic carboxylic acids is 1. The molecule has 0 spiro atoms. The van der Waals surface area contributed by atoms with Crippen LogP contribution in [-0.4, -0.2) is 46.6 Å². The number of carboxylic acids is 1. The third-order valence-corrected chi connectivity index (χ3v) is 3.30. The number of aliphatic hydroxyl groups excluding tert-OH is 1. The lowest BCUT2D eigenvalue weighted by Gasteiger charge is -2.24. The largest absolute Gasteiger partial charge is 0.481 e. The number of carbonyl (C=O) groups is 2. The standard InChI is InChI=1S/C15H22O6/c1-4-9(2)15(19)21-13(7-8-14(17)18)12-6-5-11(20-12)10(3)16/h4-6,10-13,16H,7-8H2,1-3H3,(H,17,18)/b9-4+. The topological polar surface area (TPSA) is 93.1 Å². The second-order valence-electron chi connectivity index (χ2n) is 5.04. The number of ether oxygens (including phenoxy) is 2. The Hall–Kier alpha value is -1.66. The number of carbonyl (C=O) groups excluding carboxylic acids is 1. The summed E-state index contributed by atoms with van der Waals surface area (Å²) in [5.41, 5.74) is 0.448. The van der Waals surface area contributed by atoms with E-state index in [2.05, 4.69) is 0 Å². The first kappa shape index (κ1) is 17.4. The lowest BCUT2D eigenvalue weighted by Crippen LogP contribution is -2.34. The zero-order valence-electron chi connectivity index (χ0n) is 12.5. The molecule has 0 aromatic heterocycles. The first-order valence-corrected chi connectivity index (χ1v) is 6.92. The quantitative estimate of drug-likeness (QED) is 0.419. The van der Waals surface area contributed by atoms with Crippen LogP contribution < -0.4 is 0 Å². The summed E-state index contributed by atoms with van der Waals surface area (Å²) in [6.07, 6.45) is 2.66. The molecule has 1 aliphatic heterocycles. The Morgan fingerprint density at radius 1 is 1.38 bits per heavy atom. The third-order valence-electron chi connectivity index (χ3n) is 3.30. The summed E-state index contributed by atoms with van der Waals surface area (Å²) in [4.78, 5) is 22.6. The second kappa shape index (κ2) is 7.95. The van der Waals surface area contributed by atoms with Crippen molar-refractivity contribution < 1.29 is 29.3 Å². The van der Waals surface area contributed by atoms with Gasteiger partial charge in [0.25, 0.3) is 0 Å². The van der Waals surface area contributed by atoms with Crippen LogP contribution in [0, 0.1) is 0 Å². The molecule has 21 heavy (non-hydrogen) atoms. The minimum absolute atomic E-state index is 0.125. The molecule has 2 N–H and O–H groups in total. The van der Waals surface area contributed by atoms with Crippen molar-refractivity contribution in [3.63, 3.8) is 0 Å². The highest BCUT2D eigenvalue weighted by Gasteiger charge is 2.32. The molecule has 0 aromatic carbocycles. The van der Waals surface area contributed by atoms with E-state index in [1.165, 1.54) is 0 Å². The van der Waals surface area contributed by atoms with E-state index in [-0.39, 0.29) is 12.8 Å². The van der Waals surface area contributed by atoms with E-state index in [0.717, 1.165) is 0 Å². The van der Waals surface area contributed by atoms with E-state index in [4.69, 9.17) is 14.6 Å². The Bertz CT molecular complexity index is 437. The molecule has 0 amide bonds. The molecule has 0 bridgehead atoms. The molecular weight excluding hydrogens is 276 g/mol. The monoisotopic (exact) mass is 298 g/mol. The molecule has 0 aliphatic carbocycles. The van der Waals surface area contributed by atoms with Crippen LogP contribution in [0.15, 0.2) is 23.8 Å². The van der Waals surface area contributed by atoms with Crippen molar-refractivity contribution in [1.29, 1.82) is 0 Å². The van der Waals surface area contributed by atoms with Gasteiger partial charge in [0.2, 0.25) is 0 Å². The maximum Gasteiger partial charge on any atom is 0.333 e. The highest BCUT2D eigenvalue weighted by Crippen LogP contribution is 2.22. The van der Waals surface area contributed by atoms with Gasteiger partial charge in [-0.15, -0.1) is 0 Å². The van der Waals surface area contributed by atoms with Crippen molar-refractivity contribution in [2.24, 2.45) is 0 Å². The van der Waals surface area contributed by atoms with Gasteiger partial charge < -0.3 is 19.7 Å². The van der Waals surface area contributed by atoms with E-state index >= 15 is 0 Å². The zero-order chi connectivity index (χ0) is 16.0. The SMILES string of the molecule is C/C=C(\C)C(=O)OC(CCC(=O)O)C1C=CC(C(C)O)O1. The summed E-state index contributed by atoms with van der Waals surface area (Å²) < 4.78 is 10.9. The van der Waals surface area contributed by atoms with Crippen molar-refractivity contribution in [3.8, 4) is 0 Å². The number of allylic oxidation sites excluding steroid dienone is 1. The fourth-order valence-corrected chi connectivity index (χ4v) is 1.88. The number of hydrogen-bond donors (Lipinski definition) is 2. The van der Waals surface area contributed by atoms with Crippen molar-refractivity contribution in [2.75, 3.05) is 0 Å². The van der Waals surface area contributed by atoms with Crippen molar-refractivity contribution in [1.82, 2.24) is 0 Å². The van der Waals surface area contributed by atoms with Crippen LogP contribution in [0.25, 0.3) is 0 Å². The van der Waals surface area contributed by atoms with Crippen molar-refractivity contribution in [3.05, 3.63) is 23.8 Å². The molecule has 4 atom stereocenters. The number of aliphatic hydroxyl groups is 1. The maximum atomic E-state index is 11.8. The van der Waals surface area contributed by atoms with E-state index in [0.29, 0.717) is 5.57 Å². The number of rotatable bonds is 7. The van der Waals surface area contributed by atoms with Crippen LogP contribution in [0.2, 0.25) is 0 Å². The predicted octanol–water partition coefficient (Wildman–Crippen LogP) is 1.43. The number of hydrogen-bond acceptors (Lipinski definition) is 5. The van der Waals surface area contributed by atoms with E-state index < -0.39 is 36.4 Å². The molecule has 0 saturated heterocycles. The molecule has 0 aromatic rings. The molecule has 0 saturated carbocycles. The minimum atomic E-state index is -0.965. The van der Waals surface area contributed by atoms with Gasteiger partial charge >= 0.3 is 11.9 Å². The van der Waals surface area contributed by atoms with E-state index in [9.17, 15) is 14.7 Å². The summed E-state index contributed by atoms with van der Waals surface area (Å²) in [6.45, 7) is 4.94. The lowest BCUT2D eigenvalue weighted by atomic mass is 10.1. The van der Waals surface area contributed by atoms with Gasteiger partial charge in [-0.1, -0.05) is 18.2 Å². The molecule has 6 nitrogen and oxygen atoms in total. The van der Waals surface area contributed by atoms with Gasteiger partial charge in [0.1, 0.15) is 18.3 Å². The van der Waals surface area contributed by atoms with Gasteiger partial charge in [0.05, 0.1) is 6.10 Å². The highest BCUT2D eigenvalue weighted by atomic mass is 16.6. The van der Waals surface area contributed by atoms with Crippen LogP contribution in [0.5, 0.6) is 0 Å². The average Bonchev–Trinajstić information content (AvgIpc) is 2.91. The van der Waals surface area contributed by atoms with Gasteiger partial charge in [-0.2, -0.15) is 0 Å². The van der Waals surface area contributed by atoms with Crippen molar-refractivity contribution in [2.45, 2.75) is 58.0 Å². The van der Waals surface area contributed by atoms with Crippen LogP contribution in [0.4, 0.5) is 0 Å². The molecule has 118 valence electrons. The van der Waals surface area contributed by atoms with Crippen LogP contribution in [0.3, 0.4) is 0 Å². The Labute approximate surface area is 124 Å². The lowest BCUT2D eigenvalue weighted by molar-refractivity contribution is -0.155. The average molecular weight is 298 g/mol. The van der Waals surface area contributed by atoms with Crippen molar-refractivity contribution >= 4 is 11.9 Å². The fraction of sp³-hybridized carbons (Fsp3) is 0.600. The second-order valence-corrected chi connectivity index (χ2v) is 5.04. The molecule has 0 fully saturated rings. The summed E-state index contributed by atoms with van der Waals surface area (Å²) in [6, 6.07) is 0. The molecular formula is C15H22O6. The van der Waals surface area contributed by atoms with Crippen LogP contribution in [0.1, 0.15) is 33.6 Å². The van der Waals surface area contributed by atoms with Crippen LogP contribution >= 0.6 is 0 Å². The normalized spacial score (nSPS) is 24.7. The third kappa shape index (κ3) is 5.32. The molecule has 4 unspecified atom stereocenters. The first-order valence-electron chi connectivity index (χ1n) is 6.92. The first-order chi connectivity index (χ1) is 9.85. The van der Waals surface area contributed by atoms with E-state index in [1.54, 1.807) is 39.0 Å². The summed E-state index contributed by atoms with van der Waals surface area (Å²) in [7, 11) is 0. The molecule has 1 heterocycles. The summed E-state index contributed by atoms with van der Waals surface area (Å²) >= 11 is 0. The fourth-order valence-electron chi connectivity index (χ4n) is 1.88. The zero-order valence-corrected chi connectivity index (χ0v) is 12.5. The van der Waals surface area contributed by atoms with Crippen LogP contribution in [-0.2, 0) is 19.1 Å². The van der Waals surface area contributed by atoms with Gasteiger partial charge in [0.15, 0.2) is 0 Å². The molecule has 6 heteroatoms. The molecule has 1 aliphatic rings. The number of carboxylic acid groups (broad SMARTS) is 1. The van der Waals surface area contributed by atoms with E-state index in [1.807, 2.05) is 0 Å².